The lowest BCUT2D eigenvalue weighted by atomic mass is 9.82. The molecule has 0 aliphatic heterocycles. The van der Waals surface area contributed by atoms with Crippen LogP contribution in [-0.2, 0) is 5.41 Å². The molecule has 0 saturated carbocycles. The Kier molecular flexibility index (Phi) is 4.26. The molecular weight excluding hydrogens is 263 g/mol. The Bertz CT molecular complexity index is 654. The monoisotopic (exact) mass is 284 g/mol. The van der Waals surface area contributed by atoms with Crippen molar-refractivity contribution in [3.8, 4) is 0 Å². The van der Waals surface area contributed by atoms with Crippen LogP contribution in [0.15, 0.2) is 42.5 Å². The van der Waals surface area contributed by atoms with Gasteiger partial charge in [0.1, 0.15) is 5.82 Å². The van der Waals surface area contributed by atoms with Gasteiger partial charge in [0, 0.05) is 11.1 Å². The maximum Gasteiger partial charge on any atom is 0.193 e. The van der Waals surface area contributed by atoms with Crippen molar-refractivity contribution in [3.05, 3.63) is 70.5 Å². The van der Waals surface area contributed by atoms with Gasteiger partial charge in [0.15, 0.2) is 5.78 Å². The van der Waals surface area contributed by atoms with Gasteiger partial charge in [-0.15, -0.1) is 0 Å². The maximum absolute atomic E-state index is 13.6. The third-order valence-corrected chi connectivity index (χ3v) is 4.25. The van der Waals surface area contributed by atoms with Crippen LogP contribution in [0.5, 0.6) is 0 Å². The molecular formula is C19H21FO. The third kappa shape index (κ3) is 3.21. The van der Waals surface area contributed by atoms with E-state index in [4.69, 9.17) is 0 Å². The van der Waals surface area contributed by atoms with Gasteiger partial charge in [-0.2, -0.15) is 0 Å². The van der Waals surface area contributed by atoms with Crippen LogP contribution >= 0.6 is 0 Å². The van der Waals surface area contributed by atoms with Gasteiger partial charge in [-0.1, -0.05) is 57.2 Å². The van der Waals surface area contributed by atoms with E-state index in [1.165, 1.54) is 11.6 Å². The second-order valence-electron chi connectivity index (χ2n) is 6.11. The molecule has 2 heteroatoms. The Morgan fingerprint density at radius 1 is 1.05 bits per heavy atom. The Hall–Kier alpha value is -1.96. The van der Waals surface area contributed by atoms with Crippen LogP contribution in [0, 0.1) is 12.7 Å². The van der Waals surface area contributed by atoms with Crippen molar-refractivity contribution in [2.45, 2.75) is 39.5 Å². The Morgan fingerprint density at radius 3 is 2.14 bits per heavy atom. The highest BCUT2D eigenvalue weighted by Gasteiger charge is 2.18. The maximum atomic E-state index is 13.6. The van der Waals surface area contributed by atoms with Crippen molar-refractivity contribution >= 4 is 5.78 Å². The molecule has 2 aromatic carbocycles. The van der Waals surface area contributed by atoms with Gasteiger partial charge in [0.2, 0.25) is 0 Å². The molecule has 0 heterocycles. The van der Waals surface area contributed by atoms with E-state index < -0.39 is 0 Å². The summed E-state index contributed by atoms with van der Waals surface area (Å²) >= 11 is 0. The predicted molar refractivity (Wildman–Crippen MR) is 84.3 cm³/mol. The number of rotatable bonds is 4. The molecule has 2 rings (SSSR count). The molecule has 1 nitrogen and oxygen atoms in total. The summed E-state index contributed by atoms with van der Waals surface area (Å²) in [5.41, 5.74) is 2.83. The van der Waals surface area contributed by atoms with Crippen LogP contribution in [0.25, 0.3) is 0 Å². The van der Waals surface area contributed by atoms with Crippen LogP contribution in [0.1, 0.15) is 54.2 Å². The minimum atomic E-state index is -0.343. The number of halogens is 1. The van der Waals surface area contributed by atoms with Gasteiger partial charge in [-0.25, -0.2) is 4.39 Å². The molecule has 0 amide bonds. The second-order valence-corrected chi connectivity index (χ2v) is 6.11. The highest BCUT2D eigenvalue weighted by Crippen LogP contribution is 2.27. The zero-order valence-corrected chi connectivity index (χ0v) is 13.0. The molecule has 0 unspecified atom stereocenters. The first kappa shape index (κ1) is 15.4. The number of hydrogen-bond acceptors (Lipinski definition) is 1. The summed E-state index contributed by atoms with van der Waals surface area (Å²) in [4.78, 5) is 12.4. The quantitative estimate of drug-likeness (QED) is 0.718. The van der Waals surface area contributed by atoms with Crippen molar-refractivity contribution < 1.29 is 9.18 Å². The van der Waals surface area contributed by atoms with Crippen molar-refractivity contribution in [3.63, 3.8) is 0 Å². The summed E-state index contributed by atoms with van der Waals surface area (Å²) in [7, 11) is 0. The SMILES string of the molecule is CCC(C)(C)c1ccc(C(=O)c2ccc(C)c(F)c2)cc1. The van der Waals surface area contributed by atoms with E-state index in [0.717, 1.165) is 6.42 Å². The lowest BCUT2D eigenvalue weighted by Gasteiger charge is -2.23. The normalized spacial score (nSPS) is 11.5. The summed E-state index contributed by atoms with van der Waals surface area (Å²) in [6, 6.07) is 12.2. The minimum Gasteiger partial charge on any atom is -0.289 e. The van der Waals surface area contributed by atoms with Gasteiger partial charge >= 0.3 is 0 Å². The summed E-state index contributed by atoms with van der Waals surface area (Å²) in [5.74, 6) is -0.487. The molecule has 110 valence electrons. The first-order valence-electron chi connectivity index (χ1n) is 7.26. The summed E-state index contributed by atoms with van der Waals surface area (Å²) < 4.78 is 13.6. The number of benzene rings is 2. The summed E-state index contributed by atoms with van der Waals surface area (Å²) in [6.07, 6.45) is 1.03. The molecule has 0 saturated heterocycles. The first-order valence-corrected chi connectivity index (χ1v) is 7.26. The van der Waals surface area contributed by atoms with Crippen molar-refractivity contribution in [2.24, 2.45) is 0 Å². The van der Waals surface area contributed by atoms with E-state index in [0.29, 0.717) is 16.7 Å². The molecule has 0 radical (unpaired) electrons. The molecule has 0 aliphatic rings. The third-order valence-electron chi connectivity index (χ3n) is 4.25. The minimum absolute atomic E-state index is 0.0948. The largest absolute Gasteiger partial charge is 0.289 e. The van der Waals surface area contributed by atoms with E-state index in [1.807, 2.05) is 24.3 Å². The van der Waals surface area contributed by atoms with E-state index in [9.17, 15) is 9.18 Å². The van der Waals surface area contributed by atoms with Crippen molar-refractivity contribution in [1.29, 1.82) is 0 Å². The molecule has 21 heavy (non-hydrogen) atoms. The Labute approximate surface area is 125 Å². The summed E-state index contributed by atoms with van der Waals surface area (Å²) in [5, 5.41) is 0. The van der Waals surface area contributed by atoms with Crippen molar-refractivity contribution in [1.82, 2.24) is 0 Å². The van der Waals surface area contributed by atoms with Crippen LogP contribution < -0.4 is 0 Å². The average molecular weight is 284 g/mol. The lowest BCUT2D eigenvalue weighted by molar-refractivity contribution is 0.103. The van der Waals surface area contributed by atoms with Gasteiger partial charge in [-0.3, -0.25) is 4.79 Å². The molecule has 0 fully saturated rings. The smallest absolute Gasteiger partial charge is 0.193 e. The van der Waals surface area contributed by atoms with E-state index in [-0.39, 0.29) is 17.0 Å². The van der Waals surface area contributed by atoms with E-state index in [1.54, 1.807) is 19.1 Å². The standard InChI is InChI=1S/C19H21FO/c1-5-19(3,4)16-10-8-14(9-11-16)18(21)15-7-6-13(2)17(20)12-15/h6-12H,5H2,1-4H3. The molecule has 0 aliphatic carbocycles. The zero-order valence-electron chi connectivity index (χ0n) is 13.0. The van der Waals surface area contributed by atoms with E-state index >= 15 is 0 Å². The number of hydrogen-bond donors (Lipinski definition) is 0. The van der Waals surface area contributed by atoms with Gasteiger partial charge < -0.3 is 0 Å². The van der Waals surface area contributed by atoms with Crippen LogP contribution in [-0.4, -0.2) is 5.78 Å². The highest BCUT2D eigenvalue weighted by atomic mass is 19.1. The molecule has 0 spiro atoms. The van der Waals surface area contributed by atoms with Gasteiger partial charge in [-0.05, 0) is 36.0 Å². The fraction of sp³-hybridized carbons (Fsp3) is 0.316. The highest BCUT2D eigenvalue weighted by molar-refractivity contribution is 6.09. The average Bonchev–Trinajstić information content (AvgIpc) is 2.49. The molecule has 2 aromatic rings. The number of carbonyl (C=O) groups is 1. The molecule has 0 N–H and O–H groups in total. The molecule has 0 atom stereocenters. The first-order chi connectivity index (χ1) is 9.85. The van der Waals surface area contributed by atoms with Crippen LogP contribution in [0.2, 0.25) is 0 Å². The molecule has 0 aromatic heterocycles. The Balaban J connectivity index is 2.30. The second kappa shape index (κ2) is 5.80. The Morgan fingerprint density at radius 2 is 1.62 bits per heavy atom. The van der Waals surface area contributed by atoms with Gasteiger partial charge in [0.25, 0.3) is 0 Å². The number of ketones is 1. The molecule has 0 bridgehead atoms. The van der Waals surface area contributed by atoms with E-state index in [2.05, 4.69) is 20.8 Å². The summed E-state index contributed by atoms with van der Waals surface area (Å²) in [6.45, 7) is 8.19. The van der Waals surface area contributed by atoms with Crippen molar-refractivity contribution in [2.75, 3.05) is 0 Å². The topological polar surface area (TPSA) is 17.1 Å². The van der Waals surface area contributed by atoms with Crippen LogP contribution in [0.4, 0.5) is 4.39 Å². The van der Waals surface area contributed by atoms with Crippen LogP contribution in [0.3, 0.4) is 0 Å². The fourth-order valence-electron chi connectivity index (χ4n) is 2.18. The lowest BCUT2D eigenvalue weighted by Crippen LogP contribution is -2.15. The fourth-order valence-corrected chi connectivity index (χ4v) is 2.18. The number of carbonyl (C=O) groups excluding carboxylic acids is 1. The number of aryl methyl sites for hydroxylation is 1. The predicted octanol–water partition coefficient (Wildman–Crippen LogP) is 5.05. The zero-order chi connectivity index (χ0) is 15.6. The van der Waals surface area contributed by atoms with Gasteiger partial charge in [0.05, 0.1) is 0 Å².